The second kappa shape index (κ2) is 7.95. The average Bonchev–Trinajstić information content (AvgIpc) is 3.11. The molecule has 1 atom stereocenters. The zero-order valence-electron chi connectivity index (χ0n) is 13.6. The maximum Gasteiger partial charge on any atom is 0.255 e. The molecule has 25 heavy (non-hydrogen) atoms. The van der Waals surface area contributed by atoms with E-state index in [4.69, 9.17) is 37.4 Å². The van der Waals surface area contributed by atoms with Crippen molar-refractivity contribution in [3.8, 4) is 11.5 Å². The number of hydrogen-bond donors (Lipinski definition) is 1. The standard InChI is InChI=1S/C18H17Cl2NO4/c1-23-15-6-5-11(9-16(15)25-12-7-8-24-10-12)18(22)21-17-13(19)3-2-4-14(17)20/h2-6,9,12H,7-8,10H2,1H3,(H,21,22). The van der Waals surface area contributed by atoms with Gasteiger partial charge in [-0.1, -0.05) is 29.3 Å². The summed E-state index contributed by atoms with van der Waals surface area (Å²) in [7, 11) is 1.55. The van der Waals surface area contributed by atoms with E-state index in [0.717, 1.165) is 6.42 Å². The topological polar surface area (TPSA) is 56.8 Å². The minimum Gasteiger partial charge on any atom is -0.493 e. The van der Waals surface area contributed by atoms with Crippen molar-refractivity contribution < 1.29 is 19.0 Å². The highest BCUT2D eigenvalue weighted by atomic mass is 35.5. The van der Waals surface area contributed by atoms with Crippen molar-refractivity contribution in [1.82, 2.24) is 0 Å². The largest absolute Gasteiger partial charge is 0.493 e. The van der Waals surface area contributed by atoms with E-state index in [9.17, 15) is 4.79 Å². The summed E-state index contributed by atoms with van der Waals surface area (Å²) in [6, 6.07) is 10.0. The third-order valence-electron chi connectivity index (χ3n) is 3.81. The molecule has 0 radical (unpaired) electrons. The van der Waals surface area contributed by atoms with E-state index >= 15 is 0 Å². The summed E-state index contributed by atoms with van der Waals surface area (Å²) in [6.45, 7) is 1.19. The van der Waals surface area contributed by atoms with Crippen LogP contribution in [-0.2, 0) is 4.74 Å². The fourth-order valence-electron chi connectivity index (χ4n) is 2.50. The van der Waals surface area contributed by atoms with E-state index in [1.807, 2.05) is 0 Å². The van der Waals surface area contributed by atoms with Gasteiger partial charge in [0.25, 0.3) is 5.91 Å². The number of para-hydroxylation sites is 1. The van der Waals surface area contributed by atoms with Gasteiger partial charge in [-0.15, -0.1) is 0 Å². The monoisotopic (exact) mass is 381 g/mol. The van der Waals surface area contributed by atoms with Crippen LogP contribution in [0.25, 0.3) is 0 Å². The molecular formula is C18H17Cl2NO4. The molecule has 3 rings (SSSR count). The lowest BCUT2D eigenvalue weighted by Crippen LogP contribution is -2.17. The van der Waals surface area contributed by atoms with Crippen LogP contribution in [0.15, 0.2) is 36.4 Å². The highest BCUT2D eigenvalue weighted by Crippen LogP contribution is 2.33. The molecule has 5 nitrogen and oxygen atoms in total. The van der Waals surface area contributed by atoms with Crippen LogP contribution in [0.4, 0.5) is 5.69 Å². The zero-order chi connectivity index (χ0) is 17.8. The van der Waals surface area contributed by atoms with Gasteiger partial charge >= 0.3 is 0 Å². The van der Waals surface area contributed by atoms with Gasteiger partial charge in [-0.2, -0.15) is 0 Å². The summed E-state index contributed by atoms with van der Waals surface area (Å²) in [5.74, 6) is 0.709. The average molecular weight is 382 g/mol. The van der Waals surface area contributed by atoms with Gasteiger partial charge in [0.1, 0.15) is 6.10 Å². The minimum absolute atomic E-state index is 0.0507. The molecule has 0 saturated carbocycles. The van der Waals surface area contributed by atoms with Gasteiger partial charge in [0, 0.05) is 12.0 Å². The SMILES string of the molecule is COc1ccc(C(=O)Nc2c(Cl)cccc2Cl)cc1OC1CCOC1. The second-order valence-electron chi connectivity index (χ2n) is 5.52. The quantitative estimate of drug-likeness (QED) is 0.832. The predicted octanol–water partition coefficient (Wildman–Crippen LogP) is 4.42. The summed E-state index contributed by atoms with van der Waals surface area (Å²) in [5, 5.41) is 3.47. The molecule has 7 heteroatoms. The first-order chi connectivity index (χ1) is 12.1. The van der Waals surface area contributed by atoms with Crippen LogP contribution in [0, 0.1) is 0 Å². The first-order valence-electron chi connectivity index (χ1n) is 7.76. The van der Waals surface area contributed by atoms with E-state index in [1.54, 1.807) is 43.5 Å². The van der Waals surface area contributed by atoms with E-state index in [0.29, 0.717) is 46.0 Å². The Morgan fingerprint density at radius 1 is 1.20 bits per heavy atom. The van der Waals surface area contributed by atoms with E-state index in [-0.39, 0.29) is 12.0 Å². The third-order valence-corrected chi connectivity index (χ3v) is 4.44. The van der Waals surface area contributed by atoms with Crippen molar-refractivity contribution in [3.63, 3.8) is 0 Å². The Morgan fingerprint density at radius 3 is 2.60 bits per heavy atom. The molecule has 0 aromatic heterocycles. The molecule has 2 aromatic rings. The van der Waals surface area contributed by atoms with Gasteiger partial charge in [0.05, 0.1) is 36.1 Å². The Hall–Kier alpha value is -1.95. The summed E-state index contributed by atoms with van der Waals surface area (Å²) in [4.78, 5) is 12.6. The molecule has 1 saturated heterocycles. The second-order valence-corrected chi connectivity index (χ2v) is 6.33. The highest BCUT2D eigenvalue weighted by Gasteiger charge is 2.20. The Balaban J connectivity index is 1.82. The Kier molecular flexibility index (Phi) is 5.68. The van der Waals surface area contributed by atoms with Crippen LogP contribution in [0.1, 0.15) is 16.8 Å². The van der Waals surface area contributed by atoms with Crippen molar-refractivity contribution >= 4 is 34.8 Å². The molecule has 1 fully saturated rings. The van der Waals surface area contributed by atoms with Crippen molar-refractivity contribution in [2.24, 2.45) is 0 Å². The number of carbonyl (C=O) groups is 1. The number of carbonyl (C=O) groups excluding carboxylic acids is 1. The molecule has 1 aliphatic rings. The fourth-order valence-corrected chi connectivity index (χ4v) is 2.99. The zero-order valence-corrected chi connectivity index (χ0v) is 15.1. The van der Waals surface area contributed by atoms with E-state index in [1.165, 1.54) is 0 Å². The van der Waals surface area contributed by atoms with Gasteiger partial charge in [-0.3, -0.25) is 4.79 Å². The first kappa shape index (κ1) is 17.9. The van der Waals surface area contributed by atoms with Gasteiger partial charge < -0.3 is 19.5 Å². The lowest BCUT2D eigenvalue weighted by Gasteiger charge is -2.16. The molecule has 0 aliphatic carbocycles. The highest BCUT2D eigenvalue weighted by molar-refractivity contribution is 6.40. The molecule has 1 N–H and O–H groups in total. The fraction of sp³-hybridized carbons (Fsp3) is 0.278. The summed E-state index contributed by atoms with van der Waals surface area (Å²) in [6.07, 6.45) is 0.750. The van der Waals surface area contributed by atoms with E-state index < -0.39 is 0 Å². The number of halogens is 2. The predicted molar refractivity (Wildman–Crippen MR) is 97.3 cm³/mol. The van der Waals surface area contributed by atoms with Crippen LogP contribution in [0.3, 0.4) is 0 Å². The van der Waals surface area contributed by atoms with Gasteiger partial charge in [0.15, 0.2) is 11.5 Å². The van der Waals surface area contributed by atoms with Crippen molar-refractivity contribution in [2.75, 3.05) is 25.6 Å². The summed E-state index contributed by atoms with van der Waals surface area (Å²) < 4.78 is 16.5. The Morgan fingerprint density at radius 2 is 1.96 bits per heavy atom. The maximum absolute atomic E-state index is 12.6. The van der Waals surface area contributed by atoms with Crippen LogP contribution >= 0.6 is 23.2 Å². The number of hydrogen-bond acceptors (Lipinski definition) is 4. The van der Waals surface area contributed by atoms with Crippen LogP contribution < -0.4 is 14.8 Å². The number of rotatable bonds is 5. The lowest BCUT2D eigenvalue weighted by molar-refractivity contribution is 0.102. The number of amides is 1. The number of nitrogens with one attached hydrogen (secondary N) is 1. The lowest BCUT2D eigenvalue weighted by atomic mass is 10.1. The van der Waals surface area contributed by atoms with Gasteiger partial charge in [-0.25, -0.2) is 0 Å². The van der Waals surface area contributed by atoms with Gasteiger partial charge in [0.2, 0.25) is 0 Å². The molecule has 1 aliphatic heterocycles. The Bertz CT molecular complexity index is 755. The first-order valence-corrected chi connectivity index (χ1v) is 8.52. The van der Waals surface area contributed by atoms with Crippen molar-refractivity contribution in [3.05, 3.63) is 52.0 Å². The molecule has 0 bridgehead atoms. The number of benzene rings is 2. The number of anilines is 1. The summed E-state index contributed by atoms with van der Waals surface area (Å²) in [5.41, 5.74) is 0.781. The molecule has 2 aromatic carbocycles. The normalized spacial score (nSPS) is 16.5. The minimum atomic E-state index is -0.342. The van der Waals surface area contributed by atoms with Crippen LogP contribution in [0.2, 0.25) is 10.0 Å². The molecule has 1 unspecified atom stereocenters. The smallest absolute Gasteiger partial charge is 0.255 e. The maximum atomic E-state index is 12.6. The molecule has 0 spiro atoms. The Labute approximate surface area is 155 Å². The molecule has 132 valence electrons. The van der Waals surface area contributed by atoms with Gasteiger partial charge in [-0.05, 0) is 30.3 Å². The van der Waals surface area contributed by atoms with E-state index in [2.05, 4.69) is 5.32 Å². The number of methoxy groups -OCH3 is 1. The van der Waals surface area contributed by atoms with Crippen molar-refractivity contribution in [2.45, 2.75) is 12.5 Å². The third kappa shape index (κ3) is 4.18. The van der Waals surface area contributed by atoms with Crippen LogP contribution in [0.5, 0.6) is 11.5 Å². The summed E-state index contributed by atoms with van der Waals surface area (Å²) >= 11 is 12.2. The molecule has 1 amide bonds. The number of ether oxygens (including phenoxy) is 3. The molecular weight excluding hydrogens is 365 g/mol. The molecule has 1 heterocycles. The van der Waals surface area contributed by atoms with Crippen molar-refractivity contribution in [1.29, 1.82) is 0 Å². The van der Waals surface area contributed by atoms with Crippen LogP contribution in [-0.4, -0.2) is 32.3 Å².